The highest BCUT2D eigenvalue weighted by atomic mass is 16.5. The number of hydrogen-bond acceptors (Lipinski definition) is 3. The van der Waals surface area contributed by atoms with Gasteiger partial charge in [0.05, 0.1) is 24.0 Å². The van der Waals surface area contributed by atoms with Gasteiger partial charge in [0.2, 0.25) is 5.91 Å². The zero-order valence-electron chi connectivity index (χ0n) is 10.1. The van der Waals surface area contributed by atoms with Crippen molar-refractivity contribution in [2.24, 2.45) is 5.41 Å². The van der Waals surface area contributed by atoms with Gasteiger partial charge in [0, 0.05) is 13.2 Å². The van der Waals surface area contributed by atoms with Gasteiger partial charge in [0.1, 0.15) is 0 Å². The molecule has 1 fully saturated rings. The molecule has 0 radical (unpaired) electrons. The number of carbonyl (C=O) groups is 1. The Hall–Kier alpha value is -1.08. The van der Waals surface area contributed by atoms with E-state index in [0.717, 1.165) is 25.9 Å². The zero-order valence-corrected chi connectivity index (χ0v) is 10.1. The zero-order chi connectivity index (χ0) is 12.0. The van der Waals surface area contributed by atoms with Crippen molar-refractivity contribution in [2.75, 3.05) is 13.2 Å². The van der Waals surface area contributed by atoms with Crippen LogP contribution in [-0.4, -0.2) is 25.2 Å². The van der Waals surface area contributed by atoms with Gasteiger partial charge in [-0.3, -0.25) is 4.79 Å². The Morgan fingerprint density at radius 1 is 1.56 bits per heavy atom. The third kappa shape index (κ3) is 4.63. The van der Waals surface area contributed by atoms with Crippen molar-refractivity contribution in [1.82, 2.24) is 5.32 Å². The van der Waals surface area contributed by atoms with E-state index in [-0.39, 0.29) is 12.0 Å². The van der Waals surface area contributed by atoms with E-state index < -0.39 is 5.41 Å². The Labute approximate surface area is 97.0 Å². The maximum atomic E-state index is 11.6. The summed E-state index contributed by atoms with van der Waals surface area (Å²) in [5.41, 5.74) is -0.497. The van der Waals surface area contributed by atoms with Gasteiger partial charge in [-0.05, 0) is 33.1 Å². The molecule has 16 heavy (non-hydrogen) atoms. The molecule has 4 heteroatoms. The molecule has 1 aliphatic heterocycles. The van der Waals surface area contributed by atoms with Crippen LogP contribution in [0.1, 0.15) is 39.5 Å². The van der Waals surface area contributed by atoms with Gasteiger partial charge in [-0.15, -0.1) is 0 Å². The lowest BCUT2D eigenvalue weighted by Gasteiger charge is -2.23. The summed E-state index contributed by atoms with van der Waals surface area (Å²) in [5, 5.41) is 11.6. The lowest BCUT2D eigenvalue weighted by atomic mass is 9.96. The smallest absolute Gasteiger partial charge is 0.222 e. The van der Waals surface area contributed by atoms with Crippen LogP contribution in [0.4, 0.5) is 0 Å². The van der Waals surface area contributed by atoms with Crippen molar-refractivity contribution in [3.63, 3.8) is 0 Å². The average molecular weight is 224 g/mol. The van der Waals surface area contributed by atoms with Gasteiger partial charge in [0.25, 0.3) is 0 Å². The number of ether oxygens (including phenoxy) is 1. The summed E-state index contributed by atoms with van der Waals surface area (Å²) in [5.74, 6) is -0.0183. The van der Waals surface area contributed by atoms with Crippen LogP contribution in [0.25, 0.3) is 0 Å². The lowest BCUT2D eigenvalue weighted by molar-refractivity contribution is -0.125. The second-order valence-corrected chi connectivity index (χ2v) is 4.97. The van der Waals surface area contributed by atoms with Gasteiger partial charge in [-0.25, -0.2) is 0 Å². The molecule has 90 valence electrons. The number of nitrogens with one attached hydrogen (secondary N) is 1. The molecule has 0 saturated carbocycles. The molecule has 1 aliphatic rings. The van der Waals surface area contributed by atoms with E-state index in [0.29, 0.717) is 13.0 Å². The normalized spacial score (nSPS) is 21.2. The molecule has 1 atom stereocenters. The van der Waals surface area contributed by atoms with Crippen molar-refractivity contribution in [3.8, 4) is 6.07 Å². The third-order valence-corrected chi connectivity index (χ3v) is 2.72. The maximum Gasteiger partial charge on any atom is 0.222 e. The Balaban J connectivity index is 2.23. The summed E-state index contributed by atoms with van der Waals surface area (Å²) < 4.78 is 5.48. The van der Waals surface area contributed by atoms with Crippen molar-refractivity contribution in [2.45, 2.75) is 45.6 Å². The van der Waals surface area contributed by atoms with Crippen molar-refractivity contribution < 1.29 is 9.53 Å². The van der Waals surface area contributed by atoms with Crippen molar-refractivity contribution >= 4 is 5.91 Å². The first-order valence-corrected chi connectivity index (χ1v) is 5.83. The van der Waals surface area contributed by atoms with Gasteiger partial charge < -0.3 is 10.1 Å². The summed E-state index contributed by atoms with van der Waals surface area (Å²) >= 11 is 0. The monoisotopic (exact) mass is 224 g/mol. The molecular weight excluding hydrogens is 204 g/mol. The molecule has 1 amide bonds. The predicted molar refractivity (Wildman–Crippen MR) is 60.6 cm³/mol. The number of carbonyl (C=O) groups excluding carboxylic acids is 1. The van der Waals surface area contributed by atoms with Gasteiger partial charge in [-0.1, -0.05) is 0 Å². The van der Waals surface area contributed by atoms with Crippen LogP contribution in [0, 0.1) is 16.7 Å². The van der Waals surface area contributed by atoms with Gasteiger partial charge in [-0.2, -0.15) is 5.26 Å². The summed E-state index contributed by atoms with van der Waals surface area (Å²) in [4.78, 5) is 11.6. The first-order chi connectivity index (χ1) is 7.53. The highest BCUT2D eigenvalue weighted by molar-refractivity contribution is 5.76. The Kier molecular flexibility index (Phi) is 4.75. The first-order valence-electron chi connectivity index (χ1n) is 5.83. The van der Waals surface area contributed by atoms with Crippen LogP contribution in [0.2, 0.25) is 0 Å². The second-order valence-electron chi connectivity index (χ2n) is 4.97. The Morgan fingerprint density at radius 2 is 2.31 bits per heavy atom. The number of nitriles is 1. The first kappa shape index (κ1) is 13.0. The molecule has 0 aromatic rings. The maximum absolute atomic E-state index is 11.6. The molecular formula is C12H20N2O2. The fourth-order valence-electron chi connectivity index (χ4n) is 1.61. The lowest BCUT2D eigenvalue weighted by Crippen LogP contribution is -2.36. The summed E-state index contributed by atoms with van der Waals surface area (Å²) in [7, 11) is 0. The van der Waals surface area contributed by atoms with Gasteiger partial charge >= 0.3 is 0 Å². The minimum atomic E-state index is -0.497. The van der Waals surface area contributed by atoms with E-state index in [4.69, 9.17) is 10.00 Å². The Bertz CT molecular complexity index is 275. The minimum Gasteiger partial charge on any atom is -0.378 e. The summed E-state index contributed by atoms with van der Waals surface area (Å²) in [6, 6.07) is 2.15. The van der Waals surface area contributed by atoms with Crippen LogP contribution >= 0.6 is 0 Å². The predicted octanol–water partition coefficient (Wildman–Crippen LogP) is 1.61. The molecule has 0 aliphatic carbocycles. The van der Waals surface area contributed by atoms with Crippen LogP contribution in [0.5, 0.6) is 0 Å². The second kappa shape index (κ2) is 5.86. The molecule has 0 aromatic carbocycles. The molecule has 0 aromatic heterocycles. The van der Waals surface area contributed by atoms with E-state index in [2.05, 4.69) is 11.4 Å². The molecule has 1 rings (SSSR count). The van der Waals surface area contributed by atoms with Crippen LogP contribution in [0.15, 0.2) is 0 Å². The van der Waals surface area contributed by atoms with E-state index in [9.17, 15) is 4.79 Å². The Morgan fingerprint density at radius 3 is 2.88 bits per heavy atom. The minimum absolute atomic E-state index is 0.0183. The highest BCUT2D eigenvalue weighted by Gasteiger charge is 2.20. The van der Waals surface area contributed by atoms with E-state index in [1.165, 1.54) is 0 Å². The van der Waals surface area contributed by atoms with E-state index >= 15 is 0 Å². The fraction of sp³-hybridized carbons (Fsp3) is 0.833. The van der Waals surface area contributed by atoms with Crippen molar-refractivity contribution in [1.29, 1.82) is 5.26 Å². The molecule has 1 saturated heterocycles. The highest BCUT2D eigenvalue weighted by Crippen LogP contribution is 2.16. The summed E-state index contributed by atoms with van der Waals surface area (Å²) in [6.45, 7) is 4.78. The van der Waals surface area contributed by atoms with Crippen LogP contribution in [-0.2, 0) is 9.53 Å². The quantitative estimate of drug-likeness (QED) is 0.789. The van der Waals surface area contributed by atoms with E-state index in [1.807, 2.05) is 13.8 Å². The summed E-state index contributed by atoms with van der Waals surface area (Å²) in [6.07, 6.45) is 3.69. The third-order valence-electron chi connectivity index (χ3n) is 2.72. The van der Waals surface area contributed by atoms with Crippen molar-refractivity contribution in [3.05, 3.63) is 0 Å². The van der Waals surface area contributed by atoms with E-state index in [1.54, 1.807) is 0 Å². The fourth-order valence-corrected chi connectivity index (χ4v) is 1.61. The molecule has 0 bridgehead atoms. The molecule has 0 spiro atoms. The van der Waals surface area contributed by atoms with Gasteiger partial charge in [0.15, 0.2) is 0 Å². The molecule has 4 nitrogen and oxygen atoms in total. The SMILES string of the molecule is CC(C)(C#N)CNC(=O)CC1CCCCO1. The van der Waals surface area contributed by atoms with Crippen LogP contribution < -0.4 is 5.32 Å². The molecule has 1 unspecified atom stereocenters. The molecule has 1 heterocycles. The number of amides is 1. The van der Waals surface area contributed by atoms with Crippen LogP contribution in [0.3, 0.4) is 0 Å². The average Bonchev–Trinajstić information content (AvgIpc) is 2.28. The molecule has 1 N–H and O–H groups in total. The number of rotatable bonds is 4. The number of nitrogens with zero attached hydrogens (tertiary/aromatic N) is 1. The standard InChI is InChI=1S/C12H20N2O2/c1-12(2,8-13)9-14-11(15)7-10-5-3-4-6-16-10/h10H,3-7,9H2,1-2H3,(H,14,15). The topological polar surface area (TPSA) is 62.1 Å². The largest absolute Gasteiger partial charge is 0.378 e. The number of hydrogen-bond donors (Lipinski definition) is 1.